The third-order valence-electron chi connectivity index (χ3n) is 6.00. The molecule has 0 aliphatic carbocycles. The predicted octanol–water partition coefficient (Wildman–Crippen LogP) is 4.30. The lowest BCUT2D eigenvalue weighted by Gasteiger charge is -2.39. The fourth-order valence-corrected chi connectivity index (χ4v) is 5.77. The van der Waals surface area contributed by atoms with E-state index >= 15 is 0 Å². The number of ether oxygens (including phenoxy) is 1. The summed E-state index contributed by atoms with van der Waals surface area (Å²) in [6.07, 6.45) is 3.54. The average Bonchev–Trinajstić information content (AvgIpc) is 3.01. The Kier molecular flexibility index (Phi) is 8.61. The van der Waals surface area contributed by atoms with Crippen LogP contribution in [0.25, 0.3) is 6.08 Å². The molecule has 2 fully saturated rings. The summed E-state index contributed by atoms with van der Waals surface area (Å²) < 4.78 is 8.20. The third kappa shape index (κ3) is 5.40. The van der Waals surface area contributed by atoms with Crippen molar-refractivity contribution in [1.82, 2.24) is 9.47 Å². The van der Waals surface area contributed by atoms with E-state index in [9.17, 15) is 14.9 Å². The summed E-state index contributed by atoms with van der Waals surface area (Å²) in [6, 6.07) is 2.11. The van der Waals surface area contributed by atoms with Crippen molar-refractivity contribution in [2.75, 3.05) is 24.5 Å². The minimum atomic E-state index is -0.278. The van der Waals surface area contributed by atoms with Crippen LogP contribution in [0.2, 0.25) is 0 Å². The van der Waals surface area contributed by atoms with Gasteiger partial charge in [0.1, 0.15) is 21.8 Å². The summed E-state index contributed by atoms with van der Waals surface area (Å²) in [5.41, 5.74) is 1.17. The van der Waals surface area contributed by atoms with Crippen molar-refractivity contribution in [2.24, 2.45) is 5.92 Å². The van der Waals surface area contributed by atoms with Crippen LogP contribution in [0.3, 0.4) is 0 Å². The zero-order valence-electron chi connectivity index (χ0n) is 20.9. The van der Waals surface area contributed by atoms with Crippen LogP contribution >= 0.6 is 24.0 Å². The van der Waals surface area contributed by atoms with Crippen LogP contribution in [0.4, 0.5) is 5.82 Å². The number of nitriles is 1. The zero-order chi connectivity index (χ0) is 25.2. The number of amides is 1. The van der Waals surface area contributed by atoms with Crippen LogP contribution in [-0.4, -0.2) is 51.5 Å². The van der Waals surface area contributed by atoms with E-state index in [-0.39, 0.29) is 35.2 Å². The Morgan fingerprint density at radius 3 is 2.47 bits per heavy atom. The number of thioether (sulfide) groups is 1. The minimum absolute atomic E-state index is 0.00784. The average molecular weight is 503 g/mol. The topological polar surface area (TPSA) is 78.6 Å². The standard InChI is InChI=1S/C25H34N4O3S2/c1-7-8-9-28-22(27-13-16(4)32-17(5)14-27)19(18(6)20(11-26)23(28)30)10-21-24(31)29(12-15(2)3)25(33)34-21/h10,15-17H,7-9,12-14H2,1-6H3/b21-10-. The van der Waals surface area contributed by atoms with Crippen molar-refractivity contribution in [3.63, 3.8) is 0 Å². The number of anilines is 1. The monoisotopic (exact) mass is 502 g/mol. The summed E-state index contributed by atoms with van der Waals surface area (Å²) in [4.78, 5) is 30.9. The van der Waals surface area contributed by atoms with Crippen LogP contribution < -0.4 is 10.5 Å². The number of aromatic nitrogens is 1. The third-order valence-corrected chi connectivity index (χ3v) is 7.38. The highest BCUT2D eigenvalue weighted by Gasteiger charge is 2.34. The maximum absolute atomic E-state index is 13.4. The highest BCUT2D eigenvalue weighted by Crippen LogP contribution is 2.36. The molecule has 3 heterocycles. The molecule has 9 heteroatoms. The van der Waals surface area contributed by atoms with Gasteiger partial charge in [0.15, 0.2) is 0 Å². The molecule has 2 aliphatic rings. The van der Waals surface area contributed by atoms with Gasteiger partial charge in [0.2, 0.25) is 0 Å². The Bertz CT molecular complexity index is 1090. The van der Waals surface area contributed by atoms with Crippen molar-refractivity contribution >= 4 is 46.1 Å². The largest absolute Gasteiger partial charge is 0.372 e. The smallest absolute Gasteiger partial charge is 0.270 e. The second-order valence-corrected chi connectivity index (χ2v) is 11.2. The predicted molar refractivity (Wildman–Crippen MR) is 142 cm³/mol. The molecule has 1 amide bonds. The Morgan fingerprint density at radius 1 is 1.26 bits per heavy atom. The van der Waals surface area contributed by atoms with Crippen LogP contribution in [0.15, 0.2) is 9.70 Å². The highest BCUT2D eigenvalue weighted by atomic mass is 32.2. The SMILES string of the molecule is CCCCn1c(N2CC(C)OC(C)C2)c(/C=C2\SC(=S)N(CC(C)C)C2=O)c(C)c(C#N)c1=O. The molecule has 1 aromatic heterocycles. The molecule has 0 spiro atoms. The highest BCUT2D eigenvalue weighted by molar-refractivity contribution is 8.26. The second-order valence-electron chi connectivity index (χ2n) is 9.51. The Hall–Kier alpha value is -2.15. The van der Waals surface area contributed by atoms with Crippen molar-refractivity contribution in [2.45, 2.75) is 73.1 Å². The van der Waals surface area contributed by atoms with E-state index in [1.54, 1.807) is 16.4 Å². The Balaban J connectivity index is 2.24. The van der Waals surface area contributed by atoms with Crippen molar-refractivity contribution in [3.8, 4) is 6.07 Å². The molecule has 0 saturated carbocycles. The summed E-state index contributed by atoms with van der Waals surface area (Å²) >= 11 is 6.78. The van der Waals surface area contributed by atoms with Crippen LogP contribution in [0.5, 0.6) is 0 Å². The number of nitrogens with zero attached hydrogens (tertiary/aromatic N) is 4. The van der Waals surface area contributed by atoms with Gasteiger partial charge >= 0.3 is 0 Å². The van der Waals surface area contributed by atoms with E-state index in [4.69, 9.17) is 17.0 Å². The number of hydrogen-bond donors (Lipinski definition) is 0. The summed E-state index contributed by atoms with van der Waals surface area (Å²) in [7, 11) is 0. The van der Waals surface area contributed by atoms with Gasteiger partial charge in [-0.3, -0.25) is 19.1 Å². The molecule has 0 aromatic carbocycles. The molecule has 7 nitrogen and oxygen atoms in total. The molecule has 0 radical (unpaired) electrons. The number of thiocarbonyl (C=S) groups is 1. The van der Waals surface area contributed by atoms with Gasteiger partial charge in [-0.1, -0.05) is 51.2 Å². The fourth-order valence-electron chi connectivity index (χ4n) is 4.51. The lowest BCUT2D eigenvalue weighted by atomic mass is 10.0. The number of morpholine rings is 1. The number of hydrogen-bond acceptors (Lipinski definition) is 7. The summed E-state index contributed by atoms with van der Waals surface area (Å²) in [6.45, 7) is 14.3. The molecule has 1 aromatic rings. The first-order valence-corrected chi connectivity index (χ1v) is 13.1. The molecule has 2 saturated heterocycles. The Morgan fingerprint density at radius 2 is 1.91 bits per heavy atom. The molecule has 0 N–H and O–H groups in total. The van der Waals surface area contributed by atoms with E-state index in [1.165, 1.54) is 11.8 Å². The Labute approximate surface area is 211 Å². The molecule has 184 valence electrons. The molecule has 2 atom stereocenters. The maximum atomic E-state index is 13.4. The van der Waals surface area contributed by atoms with E-state index in [0.29, 0.717) is 41.0 Å². The van der Waals surface area contributed by atoms with Crippen LogP contribution in [-0.2, 0) is 16.1 Å². The van der Waals surface area contributed by atoms with Crippen LogP contribution in [0, 0.1) is 24.2 Å². The van der Waals surface area contributed by atoms with Gasteiger partial charge in [0.25, 0.3) is 11.5 Å². The quantitative estimate of drug-likeness (QED) is 0.406. The number of pyridine rings is 1. The van der Waals surface area contributed by atoms with Crippen molar-refractivity contribution in [1.29, 1.82) is 5.26 Å². The molecular weight excluding hydrogens is 468 g/mol. The van der Waals surface area contributed by atoms with Gasteiger partial charge in [-0.25, -0.2) is 0 Å². The minimum Gasteiger partial charge on any atom is -0.372 e. The van der Waals surface area contributed by atoms with E-state index in [1.807, 2.05) is 33.8 Å². The first-order valence-electron chi connectivity index (χ1n) is 11.9. The van der Waals surface area contributed by atoms with Crippen LogP contribution in [0.1, 0.15) is 64.2 Å². The van der Waals surface area contributed by atoms with Gasteiger partial charge < -0.3 is 9.64 Å². The van der Waals surface area contributed by atoms with Crippen molar-refractivity contribution in [3.05, 3.63) is 31.9 Å². The lowest BCUT2D eigenvalue weighted by Crippen LogP contribution is -2.48. The zero-order valence-corrected chi connectivity index (χ0v) is 22.5. The maximum Gasteiger partial charge on any atom is 0.270 e. The van der Waals surface area contributed by atoms with E-state index in [2.05, 4.69) is 17.9 Å². The number of rotatable bonds is 7. The van der Waals surface area contributed by atoms with Gasteiger partial charge in [0.05, 0.1) is 17.1 Å². The molecule has 2 aliphatic heterocycles. The summed E-state index contributed by atoms with van der Waals surface area (Å²) in [5.74, 6) is 0.922. The van der Waals surface area contributed by atoms with Gasteiger partial charge in [-0.15, -0.1) is 0 Å². The number of unbranched alkanes of at least 4 members (excludes halogenated alkanes) is 1. The first kappa shape index (κ1) is 26.5. The van der Waals surface area contributed by atoms with Crippen molar-refractivity contribution < 1.29 is 9.53 Å². The molecular formula is C25H34N4O3S2. The molecule has 0 bridgehead atoms. The molecule has 2 unspecified atom stereocenters. The van der Waals surface area contributed by atoms with Gasteiger partial charge in [-0.2, -0.15) is 5.26 Å². The number of carbonyl (C=O) groups excluding carboxylic acids is 1. The van der Waals surface area contributed by atoms with Gasteiger partial charge in [0, 0.05) is 31.7 Å². The lowest BCUT2D eigenvalue weighted by molar-refractivity contribution is -0.122. The van der Waals surface area contributed by atoms with E-state index in [0.717, 1.165) is 24.2 Å². The second kappa shape index (κ2) is 11.1. The van der Waals surface area contributed by atoms with Gasteiger partial charge in [-0.05, 0) is 44.7 Å². The first-order chi connectivity index (χ1) is 16.1. The fraction of sp³-hybridized carbons (Fsp3) is 0.600. The normalized spacial score (nSPS) is 22.2. The number of carbonyl (C=O) groups is 1. The summed E-state index contributed by atoms with van der Waals surface area (Å²) in [5, 5.41) is 9.84. The van der Waals surface area contributed by atoms with E-state index < -0.39 is 0 Å². The molecule has 3 rings (SSSR count). The molecule has 34 heavy (non-hydrogen) atoms.